The van der Waals surface area contributed by atoms with Crippen molar-refractivity contribution in [3.05, 3.63) is 77.2 Å². The van der Waals surface area contributed by atoms with Crippen molar-refractivity contribution in [2.24, 2.45) is 0 Å². The van der Waals surface area contributed by atoms with E-state index in [1.165, 1.54) is 6.20 Å². The standard InChI is InChI=1S/C24H21N3O6S/c28-22-18-3-1-2-4-20(18)33-24(23(22)29)16-5-7-17(8-6-16)26-11-13-27(14-12-26)19-9-10-25-15-21(19)34(30,31)32/h1-10,15,29H,11-14H2,(H,30,31,32)/p+1. The summed E-state index contributed by atoms with van der Waals surface area (Å²) >= 11 is 0. The minimum atomic E-state index is -4.34. The molecule has 10 heteroatoms. The van der Waals surface area contributed by atoms with Gasteiger partial charge < -0.3 is 19.3 Å². The van der Waals surface area contributed by atoms with Gasteiger partial charge in [-0.15, -0.1) is 0 Å². The molecule has 0 aliphatic carbocycles. The Hall–Kier alpha value is -3.89. The number of aromatic hydroxyl groups is 1. The van der Waals surface area contributed by atoms with Crippen LogP contribution in [0.15, 0.2) is 81.1 Å². The van der Waals surface area contributed by atoms with Crippen molar-refractivity contribution in [2.45, 2.75) is 4.90 Å². The maximum atomic E-state index is 12.5. The zero-order valence-corrected chi connectivity index (χ0v) is 18.8. The van der Waals surface area contributed by atoms with Crippen LogP contribution in [0.1, 0.15) is 0 Å². The fourth-order valence-corrected chi connectivity index (χ4v) is 4.91. The Bertz CT molecular complexity index is 1520. The number of fused-ring (bicyclic) bond motifs is 1. The number of para-hydroxylation sites is 1. The molecule has 1 fully saturated rings. The third-order valence-electron chi connectivity index (χ3n) is 5.97. The normalized spacial score (nSPS) is 14.5. The summed E-state index contributed by atoms with van der Waals surface area (Å²) in [7, 11) is -4.34. The van der Waals surface area contributed by atoms with Crippen molar-refractivity contribution in [3.63, 3.8) is 0 Å². The SMILES string of the molecule is O=c1c(O)c(-c2ccc(N3CCN(c4cc[nH+]cc4S(=O)(=O)O)CC3)cc2)oc2ccccc12. The van der Waals surface area contributed by atoms with Crippen LogP contribution in [-0.2, 0) is 10.1 Å². The lowest BCUT2D eigenvalue weighted by Gasteiger charge is -2.37. The number of nitrogens with zero attached hydrogens (tertiary/aromatic N) is 2. The summed E-state index contributed by atoms with van der Waals surface area (Å²) in [5.41, 5.74) is 1.92. The van der Waals surface area contributed by atoms with E-state index in [0.29, 0.717) is 48.4 Å². The second-order valence-corrected chi connectivity index (χ2v) is 9.38. The summed E-state index contributed by atoms with van der Waals surface area (Å²) in [5.74, 6) is -0.298. The smallest absolute Gasteiger partial charge is 0.302 e. The molecule has 1 aliphatic heterocycles. The van der Waals surface area contributed by atoms with Crippen LogP contribution in [0.4, 0.5) is 11.4 Å². The summed E-state index contributed by atoms with van der Waals surface area (Å²) in [5, 5.41) is 10.7. The van der Waals surface area contributed by atoms with E-state index in [9.17, 15) is 22.9 Å². The van der Waals surface area contributed by atoms with E-state index in [-0.39, 0.29) is 10.7 Å². The second-order valence-electron chi connectivity index (χ2n) is 7.99. The van der Waals surface area contributed by atoms with E-state index in [4.69, 9.17) is 4.42 Å². The molecule has 5 rings (SSSR count). The largest absolute Gasteiger partial charge is 0.502 e. The van der Waals surface area contributed by atoms with Gasteiger partial charge in [0.2, 0.25) is 11.2 Å². The molecular weight excluding hydrogens is 458 g/mol. The lowest BCUT2D eigenvalue weighted by molar-refractivity contribution is -0.380. The van der Waals surface area contributed by atoms with E-state index in [1.807, 2.05) is 17.0 Å². The number of H-pyrrole nitrogens is 1. The molecule has 0 unspecified atom stereocenters. The second kappa shape index (κ2) is 8.47. The van der Waals surface area contributed by atoms with Gasteiger partial charge in [0.15, 0.2) is 23.0 Å². The molecule has 2 aromatic carbocycles. The van der Waals surface area contributed by atoms with Gasteiger partial charge in [-0.1, -0.05) is 12.1 Å². The average molecular weight is 481 g/mol. The lowest BCUT2D eigenvalue weighted by Crippen LogP contribution is -2.47. The predicted octanol–water partition coefficient (Wildman–Crippen LogP) is 2.55. The van der Waals surface area contributed by atoms with Gasteiger partial charge in [-0.05, 0) is 36.4 Å². The predicted molar refractivity (Wildman–Crippen MR) is 127 cm³/mol. The fourth-order valence-electron chi connectivity index (χ4n) is 4.23. The third kappa shape index (κ3) is 3.97. The molecule has 4 aromatic rings. The Morgan fingerprint density at radius 2 is 1.59 bits per heavy atom. The van der Waals surface area contributed by atoms with Crippen molar-refractivity contribution in [1.29, 1.82) is 0 Å². The molecule has 0 radical (unpaired) electrons. The van der Waals surface area contributed by atoms with E-state index >= 15 is 0 Å². The first kappa shape index (κ1) is 21.9. The summed E-state index contributed by atoms with van der Waals surface area (Å²) in [6.07, 6.45) is 2.89. The van der Waals surface area contributed by atoms with Crippen LogP contribution in [0.3, 0.4) is 0 Å². The van der Waals surface area contributed by atoms with Crippen molar-refractivity contribution < 1.29 is 27.5 Å². The highest BCUT2D eigenvalue weighted by Gasteiger charge is 2.25. The molecule has 0 spiro atoms. The van der Waals surface area contributed by atoms with Crippen LogP contribution < -0.4 is 20.2 Å². The van der Waals surface area contributed by atoms with Crippen molar-refractivity contribution in [2.75, 3.05) is 36.0 Å². The van der Waals surface area contributed by atoms with E-state index in [2.05, 4.69) is 9.88 Å². The van der Waals surface area contributed by atoms with Gasteiger partial charge in [0.1, 0.15) is 5.58 Å². The topological polar surface area (TPSA) is 125 Å². The van der Waals surface area contributed by atoms with Crippen LogP contribution in [0.5, 0.6) is 5.75 Å². The van der Waals surface area contributed by atoms with Crippen molar-refractivity contribution >= 4 is 32.5 Å². The Morgan fingerprint density at radius 1 is 0.912 bits per heavy atom. The highest BCUT2D eigenvalue weighted by Crippen LogP contribution is 2.32. The van der Waals surface area contributed by atoms with Crippen LogP contribution >= 0.6 is 0 Å². The average Bonchev–Trinajstić information content (AvgIpc) is 2.86. The third-order valence-corrected chi connectivity index (χ3v) is 6.85. The molecule has 34 heavy (non-hydrogen) atoms. The molecule has 0 atom stereocenters. The summed E-state index contributed by atoms with van der Waals surface area (Å²) < 4.78 is 38.7. The molecule has 1 saturated heterocycles. The number of aromatic nitrogens is 1. The molecule has 0 bridgehead atoms. The van der Waals surface area contributed by atoms with Crippen molar-refractivity contribution in [3.8, 4) is 17.1 Å². The molecule has 1 aliphatic rings. The summed E-state index contributed by atoms with van der Waals surface area (Å²) in [6.45, 7) is 2.40. The van der Waals surface area contributed by atoms with Crippen LogP contribution in [0.2, 0.25) is 0 Å². The number of aromatic amines is 1. The first-order chi connectivity index (χ1) is 16.3. The van der Waals surface area contributed by atoms with Crippen LogP contribution in [-0.4, -0.2) is 44.3 Å². The molecule has 0 saturated carbocycles. The first-order valence-electron chi connectivity index (χ1n) is 10.7. The zero-order chi connectivity index (χ0) is 23.9. The van der Waals surface area contributed by atoms with Gasteiger partial charge in [0.25, 0.3) is 0 Å². The maximum absolute atomic E-state index is 12.5. The number of pyridine rings is 1. The molecule has 0 amide bonds. The first-order valence-corrected chi connectivity index (χ1v) is 12.1. The summed E-state index contributed by atoms with van der Waals surface area (Å²) in [6, 6.07) is 15.8. The fraction of sp³-hybridized carbons (Fsp3) is 0.167. The number of nitrogens with one attached hydrogen (secondary N) is 1. The number of benzene rings is 2. The van der Waals surface area contributed by atoms with Gasteiger partial charge >= 0.3 is 10.1 Å². The number of piperazine rings is 1. The zero-order valence-electron chi connectivity index (χ0n) is 18.0. The molecule has 2 aromatic heterocycles. The van der Waals surface area contributed by atoms with Gasteiger partial charge in [-0.3, -0.25) is 9.35 Å². The number of anilines is 2. The monoisotopic (exact) mass is 480 g/mol. The number of hydrogen-bond acceptors (Lipinski definition) is 7. The van der Waals surface area contributed by atoms with Crippen molar-refractivity contribution in [1.82, 2.24) is 0 Å². The lowest BCUT2D eigenvalue weighted by atomic mass is 10.1. The Labute approximate surface area is 195 Å². The van der Waals surface area contributed by atoms with Crippen LogP contribution in [0, 0.1) is 0 Å². The van der Waals surface area contributed by atoms with Gasteiger partial charge in [-0.2, -0.15) is 8.42 Å². The molecule has 9 nitrogen and oxygen atoms in total. The number of hydrogen-bond donors (Lipinski definition) is 2. The minimum Gasteiger partial charge on any atom is -0.502 e. The van der Waals surface area contributed by atoms with Gasteiger partial charge in [0, 0.05) is 43.5 Å². The van der Waals surface area contributed by atoms with Crippen LogP contribution in [0.25, 0.3) is 22.3 Å². The van der Waals surface area contributed by atoms with E-state index in [0.717, 1.165) is 5.69 Å². The van der Waals surface area contributed by atoms with E-state index < -0.39 is 21.3 Å². The molecule has 3 N–H and O–H groups in total. The highest BCUT2D eigenvalue weighted by molar-refractivity contribution is 7.86. The Balaban J connectivity index is 1.35. The quantitative estimate of drug-likeness (QED) is 0.427. The maximum Gasteiger partial charge on any atom is 0.302 e. The Kier molecular flexibility index (Phi) is 5.46. The highest BCUT2D eigenvalue weighted by atomic mass is 32.2. The van der Waals surface area contributed by atoms with Gasteiger partial charge in [-0.25, -0.2) is 4.98 Å². The molecule has 174 valence electrons. The molecule has 3 heterocycles. The Morgan fingerprint density at radius 3 is 2.29 bits per heavy atom. The minimum absolute atomic E-state index is 0.124. The summed E-state index contributed by atoms with van der Waals surface area (Å²) in [4.78, 5) is 19.1. The van der Waals surface area contributed by atoms with E-state index in [1.54, 1.807) is 48.7 Å². The molecular formula is C24H22N3O6S+. The van der Waals surface area contributed by atoms with Gasteiger partial charge in [0.05, 0.1) is 11.1 Å². The number of rotatable bonds is 4.